The Balaban J connectivity index is 1.65. The van der Waals surface area contributed by atoms with Gasteiger partial charge >= 0.3 is 5.69 Å². The minimum absolute atomic E-state index is 0.0898. The summed E-state index contributed by atoms with van der Waals surface area (Å²) in [6.45, 7) is 1.82. The zero-order valence-electron chi connectivity index (χ0n) is 16.6. The number of amides is 1. The van der Waals surface area contributed by atoms with E-state index in [1.807, 2.05) is 6.92 Å². The Morgan fingerprint density at radius 2 is 1.90 bits per heavy atom. The Morgan fingerprint density at radius 1 is 1.13 bits per heavy atom. The molecule has 31 heavy (non-hydrogen) atoms. The maximum Gasteiger partial charge on any atom is 0.352 e. The molecule has 0 radical (unpaired) electrons. The number of rotatable bonds is 5. The van der Waals surface area contributed by atoms with Gasteiger partial charge < -0.3 is 9.88 Å². The van der Waals surface area contributed by atoms with Gasteiger partial charge in [0.15, 0.2) is 5.82 Å². The molecule has 0 bridgehead atoms. The van der Waals surface area contributed by atoms with Crippen LogP contribution in [0.5, 0.6) is 0 Å². The van der Waals surface area contributed by atoms with Gasteiger partial charge in [0.1, 0.15) is 6.54 Å². The van der Waals surface area contributed by atoms with Gasteiger partial charge in [0, 0.05) is 29.3 Å². The number of halogens is 1. The Morgan fingerprint density at radius 3 is 2.68 bits per heavy atom. The SMILES string of the molecule is Cc1ccc(Cl)cc1NC(=O)Cn1cccc2c(=O)n(Cc3ccncc3)c(=O)nc1-2. The lowest BCUT2D eigenvalue weighted by Gasteiger charge is -2.15. The third-order valence-electron chi connectivity index (χ3n) is 4.83. The number of nitrogens with one attached hydrogen (secondary N) is 1. The molecule has 1 N–H and O–H groups in total. The average Bonchev–Trinajstić information content (AvgIpc) is 2.75. The summed E-state index contributed by atoms with van der Waals surface area (Å²) < 4.78 is 2.54. The number of hydrogen-bond donors (Lipinski definition) is 1. The molecule has 0 saturated heterocycles. The lowest BCUT2D eigenvalue weighted by molar-refractivity contribution is -0.116. The van der Waals surface area contributed by atoms with Gasteiger partial charge in [0.05, 0.1) is 12.1 Å². The van der Waals surface area contributed by atoms with Crippen LogP contribution in [0.4, 0.5) is 5.69 Å². The van der Waals surface area contributed by atoms with Gasteiger partial charge in [-0.3, -0.25) is 19.1 Å². The zero-order chi connectivity index (χ0) is 22.0. The van der Waals surface area contributed by atoms with E-state index in [2.05, 4.69) is 15.3 Å². The highest BCUT2D eigenvalue weighted by Crippen LogP contribution is 2.20. The van der Waals surface area contributed by atoms with Crippen molar-refractivity contribution in [3.8, 4) is 11.4 Å². The van der Waals surface area contributed by atoms with Gasteiger partial charge in [-0.05, 0) is 54.4 Å². The molecule has 9 heteroatoms. The highest BCUT2D eigenvalue weighted by molar-refractivity contribution is 6.31. The van der Waals surface area contributed by atoms with Crippen LogP contribution >= 0.6 is 11.6 Å². The molecule has 1 amide bonds. The van der Waals surface area contributed by atoms with E-state index in [0.29, 0.717) is 10.7 Å². The fourth-order valence-corrected chi connectivity index (χ4v) is 3.40. The number of benzene rings is 1. The molecule has 3 heterocycles. The summed E-state index contributed by atoms with van der Waals surface area (Å²) in [7, 11) is 0. The van der Waals surface area contributed by atoms with Gasteiger partial charge in [-0.25, -0.2) is 4.79 Å². The van der Waals surface area contributed by atoms with Crippen LogP contribution < -0.4 is 16.6 Å². The van der Waals surface area contributed by atoms with Crippen LogP contribution in [-0.4, -0.2) is 25.0 Å². The number of aryl methyl sites for hydroxylation is 1. The van der Waals surface area contributed by atoms with Crippen LogP contribution in [0.1, 0.15) is 11.1 Å². The summed E-state index contributed by atoms with van der Waals surface area (Å²) in [4.78, 5) is 46.1. The van der Waals surface area contributed by atoms with Crippen LogP contribution in [0.25, 0.3) is 11.4 Å². The normalized spacial score (nSPS) is 10.9. The summed E-state index contributed by atoms with van der Waals surface area (Å²) in [5.74, 6) is -0.181. The van der Waals surface area contributed by atoms with E-state index in [4.69, 9.17) is 11.6 Å². The maximum absolute atomic E-state index is 12.9. The van der Waals surface area contributed by atoms with E-state index in [-0.39, 0.29) is 30.4 Å². The molecule has 0 spiro atoms. The fourth-order valence-electron chi connectivity index (χ4n) is 3.23. The van der Waals surface area contributed by atoms with Crippen LogP contribution in [-0.2, 0) is 17.9 Å². The van der Waals surface area contributed by atoms with Crippen molar-refractivity contribution < 1.29 is 4.79 Å². The minimum Gasteiger partial charge on any atom is -0.324 e. The second-order valence-corrected chi connectivity index (χ2v) is 7.46. The lowest BCUT2D eigenvalue weighted by atomic mass is 10.2. The fraction of sp³-hybridized carbons (Fsp3) is 0.136. The van der Waals surface area contributed by atoms with E-state index < -0.39 is 11.2 Å². The van der Waals surface area contributed by atoms with Crippen molar-refractivity contribution >= 4 is 23.2 Å². The maximum atomic E-state index is 12.9. The topological polar surface area (TPSA) is 98.9 Å². The molecule has 0 aliphatic carbocycles. The van der Waals surface area contributed by atoms with Gasteiger partial charge in [-0.1, -0.05) is 17.7 Å². The predicted molar refractivity (Wildman–Crippen MR) is 118 cm³/mol. The van der Waals surface area contributed by atoms with Crippen LogP contribution in [0.3, 0.4) is 0 Å². The third-order valence-corrected chi connectivity index (χ3v) is 5.06. The standard InChI is InChI=1S/C22H18ClN5O3/c1-14-4-5-16(23)11-18(14)25-19(29)13-27-10-2-3-17-20(27)26-22(31)28(21(17)30)12-15-6-8-24-9-7-15/h2-11H,12-13H2,1H3,(H,25,29). The van der Waals surface area contributed by atoms with E-state index in [1.165, 1.54) is 4.57 Å². The van der Waals surface area contributed by atoms with Crippen molar-refractivity contribution in [2.45, 2.75) is 20.0 Å². The van der Waals surface area contributed by atoms with Crippen molar-refractivity contribution in [3.63, 3.8) is 0 Å². The molecule has 8 nitrogen and oxygen atoms in total. The molecule has 1 aromatic heterocycles. The second-order valence-electron chi connectivity index (χ2n) is 7.02. The Hall–Kier alpha value is -3.78. The molecule has 0 fully saturated rings. The highest BCUT2D eigenvalue weighted by atomic mass is 35.5. The van der Waals surface area contributed by atoms with Crippen LogP contribution in [0.2, 0.25) is 5.02 Å². The number of hydrogen-bond acceptors (Lipinski definition) is 5. The number of aromatic nitrogens is 4. The Kier molecular flexibility index (Phi) is 5.64. The summed E-state index contributed by atoms with van der Waals surface area (Å²) in [6, 6.07) is 11.9. The number of nitrogens with zero attached hydrogens (tertiary/aromatic N) is 4. The van der Waals surface area contributed by atoms with E-state index >= 15 is 0 Å². The van der Waals surface area contributed by atoms with Gasteiger partial charge in [-0.15, -0.1) is 0 Å². The van der Waals surface area contributed by atoms with Crippen molar-refractivity contribution in [2.24, 2.45) is 0 Å². The molecule has 2 aliphatic rings. The smallest absolute Gasteiger partial charge is 0.324 e. The van der Waals surface area contributed by atoms with Crippen LogP contribution in [0.15, 0.2) is 70.6 Å². The molecule has 2 aromatic rings. The van der Waals surface area contributed by atoms with Crippen LogP contribution in [0, 0.1) is 6.92 Å². The first-order chi connectivity index (χ1) is 14.9. The third kappa shape index (κ3) is 4.39. The van der Waals surface area contributed by atoms with Crippen molar-refractivity contribution in [3.05, 3.63) is 98.0 Å². The number of carbonyl (C=O) groups is 1. The van der Waals surface area contributed by atoms with Crippen molar-refractivity contribution in [2.75, 3.05) is 5.32 Å². The first kappa shape index (κ1) is 20.5. The Labute approximate surface area is 182 Å². The number of anilines is 1. The number of pyridine rings is 2. The second kappa shape index (κ2) is 8.53. The van der Waals surface area contributed by atoms with E-state index in [1.54, 1.807) is 61.1 Å². The quantitative estimate of drug-likeness (QED) is 0.519. The first-order valence-corrected chi connectivity index (χ1v) is 9.85. The van der Waals surface area contributed by atoms with Gasteiger partial charge in [0.25, 0.3) is 5.56 Å². The molecule has 156 valence electrons. The monoisotopic (exact) mass is 435 g/mol. The summed E-state index contributed by atoms with van der Waals surface area (Å²) in [5.41, 5.74) is 1.32. The molecular formula is C22H18ClN5O3. The highest BCUT2D eigenvalue weighted by Gasteiger charge is 2.18. The lowest BCUT2D eigenvalue weighted by Crippen LogP contribution is -2.38. The van der Waals surface area contributed by atoms with Gasteiger partial charge in [-0.2, -0.15) is 4.98 Å². The largest absolute Gasteiger partial charge is 0.352 e. The summed E-state index contributed by atoms with van der Waals surface area (Å²) >= 11 is 6.00. The predicted octanol–water partition coefficient (Wildman–Crippen LogP) is 2.55. The molecule has 0 saturated carbocycles. The van der Waals surface area contributed by atoms with Gasteiger partial charge in [0.2, 0.25) is 5.91 Å². The average molecular weight is 436 g/mol. The molecule has 0 unspecified atom stereocenters. The summed E-state index contributed by atoms with van der Waals surface area (Å²) in [5, 5.41) is 3.30. The van der Waals surface area contributed by atoms with E-state index in [9.17, 15) is 14.4 Å². The van der Waals surface area contributed by atoms with Crippen molar-refractivity contribution in [1.29, 1.82) is 0 Å². The first-order valence-electron chi connectivity index (χ1n) is 9.47. The minimum atomic E-state index is -0.680. The molecule has 1 aromatic carbocycles. The molecule has 4 rings (SSSR count). The zero-order valence-corrected chi connectivity index (χ0v) is 17.3. The molecule has 2 aliphatic heterocycles. The van der Waals surface area contributed by atoms with Crippen molar-refractivity contribution in [1.82, 2.24) is 19.1 Å². The number of fused-ring (bicyclic) bond motifs is 1. The van der Waals surface area contributed by atoms with E-state index in [0.717, 1.165) is 15.7 Å². The molecule has 0 atom stereocenters. The number of carbonyl (C=O) groups excluding carboxylic acids is 1. The summed E-state index contributed by atoms with van der Waals surface area (Å²) in [6.07, 6.45) is 4.78. The molecular weight excluding hydrogens is 418 g/mol. The Bertz CT molecular complexity index is 1350.